The molecule has 5 fully saturated rings. The molecule has 316 valence electrons. The number of carbonyl (C=O) groups excluding carboxylic acids is 5. The molecule has 0 unspecified atom stereocenters. The Morgan fingerprint density at radius 2 is 1.61 bits per heavy atom. The number of allylic oxidation sites excluding steroid dienone is 2. The van der Waals surface area contributed by atoms with Crippen molar-refractivity contribution in [1.29, 1.82) is 0 Å². The first-order chi connectivity index (χ1) is 27.9. The zero-order valence-corrected chi connectivity index (χ0v) is 33.3. The summed E-state index contributed by atoms with van der Waals surface area (Å²) in [6.45, 7) is 8.50. The summed E-state index contributed by atoms with van der Waals surface area (Å²) in [6, 6.07) is 2.79. The summed E-state index contributed by atoms with van der Waals surface area (Å²) in [5, 5.41) is 36.1. The topological polar surface area (TPSA) is 220 Å². The van der Waals surface area contributed by atoms with Crippen molar-refractivity contribution >= 4 is 28.9 Å². The second-order valence-electron chi connectivity index (χ2n) is 17.3. The molecule has 0 spiro atoms. The maximum Gasteiger partial charge on any atom is 0.198 e. The van der Waals surface area contributed by atoms with Crippen molar-refractivity contribution in [2.75, 3.05) is 0 Å². The van der Waals surface area contributed by atoms with Gasteiger partial charge in [-0.15, -0.1) is 0 Å². The molecule has 0 radical (unpaired) electrons. The fourth-order valence-electron chi connectivity index (χ4n) is 10.0. The summed E-state index contributed by atoms with van der Waals surface area (Å²) in [5.74, 6) is -3.39. The van der Waals surface area contributed by atoms with E-state index in [0.29, 0.717) is 12.8 Å². The lowest BCUT2D eigenvalue weighted by Crippen LogP contribution is -2.69. The molecule has 3 aliphatic carbocycles. The van der Waals surface area contributed by atoms with Crippen molar-refractivity contribution in [3.8, 4) is 5.75 Å². The molecule has 8 aliphatic rings. The molecule has 15 atom stereocenters. The number of ether oxygens (including phenoxy) is 8. The Morgan fingerprint density at radius 1 is 0.831 bits per heavy atom. The van der Waals surface area contributed by atoms with E-state index in [1.165, 1.54) is 24.3 Å². The van der Waals surface area contributed by atoms with Gasteiger partial charge in [-0.3, -0.25) is 24.0 Å². The second-order valence-corrected chi connectivity index (χ2v) is 17.3. The Labute approximate surface area is 339 Å². The van der Waals surface area contributed by atoms with Crippen molar-refractivity contribution in [2.24, 2.45) is 0 Å². The summed E-state index contributed by atoms with van der Waals surface area (Å²) in [5.41, 5.74) is -7.76. The van der Waals surface area contributed by atoms with Gasteiger partial charge in [0.15, 0.2) is 53.4 Å². The number of Topliss-reactive ketones (excluding diaryl/α,β-unsaturated/α-hetero) is 4. The minimum Gasteiger partial charge on any atom is -0.507 e. The monoisotopic (exact) mass is 820 g/mol. The van der Waals surface area contributed by atoms with Crippen LogP contribution in [0, 0.1) is 0 Å². The average molecular weight is 821 g/mol. The first-order valence-corrected chi connectivity index (χ1v) is 20.3. The van der Waals surface area contributed by atoms with Crippen LogP contribution < -0.4 is 0 Å². The zero-order valence-electron chi connectivity index (χ0n) is 33.3. The van der Waals surface area contributed by atoms with Gasteiger partial charge in [-0.2, -0.15) is 0 Å². The highest BCUT2D eigenvalue weighted by Gasteiger charge is 2.67. The van der Waals surface area contributed by atoms with Crippen LogP contribution >= 0.6 is 0 Å². The Bertz CT molecular complexity index is 2110. The third-order valence-electron chi connectivity index (χ3n) is 13.1. The summed E-state index contributed by atoms with van der Waals surface area (Å²) in [4.78, 5) is 66.9. The summed E-state index contributed by atoms with van der Waals surface area (Å²) < 4.78 is 48.6. The highest BCUT2D eigenvalue weighted by atomic mass is 16.7. The molecule has 5 heterocycles. The lowest BCUT2D eigenvalue weighted by molar-refractivity contribution is -0.347. The molecule has 16 nitrogen and oxygen atoms in total. The van der Waals surface area contributed by atoms with Gasteiger partial charge in [0.2, 0.25) is 0 Å². The van der Waals surface area contributed by atoms with E-state index in [9.17, 15) is 39.3 Å². The van der Waals surface area contributed by atoms with E-state index in [2.05, 4.69) is 0 Å². The standard InChI is InChI=1S/C43H48O16/c1-18-25(44)8-10-32(53-18)57-27-9-11-33(54-20(27)3)59-41(5)16-31(46)43(51)35-24(12-13-42(43,50)17-41)37(48)34-23(38(35)49)7-6-22(36(34)47)28-15-29-39(21(4)52-28)58-40-30(56-29)14-26(45)19(2)55-40/h6-8,10,12-13,18-21,27-30,32-33,39-40,47,50-51H,9,11,14-17H2,1-5H3/t18-,19-,20-,21+,27-,28+,29+,30-,32-,33-,39-,40-,41-,42-,43-/m0/s1. The van der Waals surface area contributed by atoms with Crippen LogP contribution in [-0.2, 0) is 52.3 Å². The Kier molecular flexibility index (Phi) is 9.90. The Hall–Kier alpha value is -3.81. The van der Waals surface area contributed by atoms with Crippen LogP contribution in [0.1, 0.15) is 106 Å². The number of benzene rings is 1. The normalized spacial score (nSPS) is 44.4. The predicted octanol–water partition coefficient (Wildman–Crippen LogP) is 2.72. The lowest BCUT2D eigenvalue weighted by atomic mass is 9.57. The average Bonchev–Trinajstić information content (AvgIpc) is 3.16. The molecule has 5 aliphatic heterocycles. The molecule has 16 heteroatoms. The number of hydrogen-bond acceptors (Lipinski definition) is 16. The zero-order chi connectivity index (χ0) is 41.9. The summed E-state index contributed by atoms with van der Waals surface area (Å²) >= 11 is 0. The molecule has 0 amide bonds. The lowest BCUT2D eigenvalue weighted by Gasteiger charge is -2.53. The molecule has 4 saturated heterocycles. The van der Waals surface area contributed by atoms with Gasteiger partial charge in [0.1, 0.15) is 35.8 Å². The third kappa shape index (κ3) is 6.54. The van der Waals surface area contributed by atoms with Crippen LogP contribution in [0.4, 0.5) is 0 Å². The third-order valence-corrected chi connectivity index (χ3v) is 13.1. The molecule has 1 aromatic rings. The quantitative estimate of drug-likeness (QED) is 0.389. The van der Waals surface area contributed by atoms with Gasteiger partial charge in [0.05, 0.1) is 47.3 Å². The number of phenols is 1. The maximum atomic E-state index is 14.4. The Balaban J connectivity index is 0.912. The minimum atomic E-state index is -2.81. The number of aliphatic hydroxyl groups is 2. The van der Waals surface area contributed by atoms with E-state index in [4.69, 9.17) is 37.9 Å². The molecule has 3 N–H and O–H groups in total. The molecule has 0 aromatic heterocycles. The number of fused-ring (bicyclic) bond motifs is 5. The van der Waals surface area contributed by atoms with Gasteiger partial charge >= 0.3 is 0 Å². The number of aromatic hydroxyl groups is 1. The van der Waals surface area contributed by atoms with Crippen LogP contribution in [0.5, 0.6) is 5.75 Å². The number of phenolic OH excluding ortho intramolecular Hbond substituents is 1. The SMILES string of the molecule is C[C@@H]1O[C@@H](O[C@H]2CC[C@H](O[C@@]3(C)CC(=O)[C@]4(O)C5=C(C=C[C@]4(O)C3)C(=O)c3c(ccc([C@H]4C[C@H]6O[C@H]7CC(=O)[C@H](C)O[C@H]7O[C@H]6[C@@H](C)O4)c3O)C5=O)O[C@H]2C)C=CC1=O. The van der Waals surface area contributed by atoms with Crippen molar-refractivity contribution in [3.63, 3.8) is 0 Å². The number of hydrogen-bond donors (Lipinski definition) is 3. The van der Waals surface area contributed by atoms with Crippen LogP contribution in [-0.4, -0.2) is 129 Å². The van der Waals surface area contributed by atoms with Gasteiger partial charge < -0.3 is 53.2 Å². The number of ketones is 5. The van der Waals surface area contributed by atoms with Crippen molar-refractivity contribution in [1.82, 2.24) is 0 Å². The van der Waals surface area contributed by atoms with E-state index >= 15 is 0 Å². The van der Waals surface area contributed by atoms with Gasteiger partial charge in [-0.05, 0) is 65.3 Å². The Morgan fingerprint density at radius 3 is 2.36 bits per heavy atom. The van der Waals surface area contributed by atoms with Crippen molar-refractivity contribution < 1.29 is 77.2 Å². The largest absolute Gasteiger partial charge is 0.507 e. The van der Waals surface area contributed by atoms with E-state index < -0.39 is 120 Å². The molecule has 1 aromatic carbocycles. The molecular weight excluding hydrogens is 772 g/mol. The van der Waals surface area contributed by atoms with Crippen LogP contribution in [0.3, 0.4) is 0 Å². The fraction of sp³-hybridized carbons (Fsp3) is 0.605. The highest BCUT2D eigenvalue weighted by molar-refractivity contribution is 6.32. The van der Waals surface area contributed by atoms with Crippen LogP contribution in [0.15, 0.2) is 47.6 Å². The first-order valence-electron chi connectivity index (χ1n) is 20.3. The molecule has 1 saturated carbocycles. The smallest absolute Gasteiger partial charge is 0.198 e. The molecule has 9 rings (SSSR count). The van der Waals surface area contributed by atoms with Crippen molar-refractivity contribution in [2.45, 2.75) is 164 Å². The van der Waals surface area contributed by atoms with Crippen LogP contribution in [0.2, 0.25) is 0 Å². The van der Waals surface area contributed by atoms with Gasteiger partial charge in [-0.25, -0.2) is 0 Å². The second kappa shape index (κ2) is 14.4. The number of carbonyl (C=O) groups is 5. The van der Waals surface area contributed by atoms with Crippen molar-refractivity contribution in [3.05, 3.63) is 64.3 Å². The van der Waals surface area contributed by atoms with Gasteiger partial charge in [0.25, 0.3) is 0 Å². The van der Waals surface area contributed by atoms with Gasteiger partial charge in [0, 0.05) is 48.8 Å². The summed E-state index contributed by atoms with van der Waals surface area (Å²) in [7, 11) is 0. The molecule has 59 heavy (non-hydrogen) atoms. The fourth-order valence-corrected chi connectivity index (χ4v) is 10.0. The maximum absolute atomic E-state index is 14.4. The molecule has 0 bridgehead atoms. The van der Waals surface area contributed by atoms with Gasteiger partial charge in [-0.1, -0.05) is 12.1 Å². The van der Waals surface area contributed by atoms with E-state index in [1.54, 1.807) is 40.7 Å². The predicted molar refractivity (Wildman–Crippen MR) is 199 cm³/mol. The van der Waals surface area contributed by atoms with Crippen LogP contribution in [0.25, 0.3) is 0 Å². The summed E-state index contributed by atoms with van der Waals surface area (Å²) in [6.07, 6.45) is -1.64. The van der Waals surface area contributed by atoms with E-state index in [-0.39, 0.29) is 59.2 Å². The highest BCUT2D eigenvalue weighted by Crippen LogP contribution is 2.53. The number of rotatable bonds is 5. The minimum absolute atomic E-state index is 0.101. The van der Waals surface area contributed by atoms with E-state index in [0.717, 1.165) is 6.08 Å². The van der Waals surface area contributed by atoms with E-state index in [1.807, 2.05) is 0 Å². The first kappa shape index (κ1) is 40.6. The molecular formula is C43H48O16.